The van der Waals surface area contributed by atoms with Crippen LogP contribution in [0.25, 0.3) is 0 Å². The molecule has 0 atom stereocenters. The van der Waals surface area contributed by atoms with Gasteiger partial charge in [-0.15, -0.1) is 0 Å². The summed E-state index contributed by atoms with van der Waals surface area (Å²) in [6.45, 7) is 0. The van der Waals surface area contributed by atoms with Crippen LogP contribution in [0.2, 0.25) is 0 Å². The Bertz CT molecular complexity index is 151. The van der Waals surface area contributed by atoms with E-state index in [9.17, 15) is 4.79 Å². The predicted molar refractivity (Wildman–Crippen MR) is 39.7 cm³/mol. The molecule has 0 heterocycles. The summed E-state index contributed by atoms with van der Waals surface area (Å²) in [6.07, 6.45) is 1.96. The molecule has 0 bridgehead atoms. The van der Waals surface area contributed by atoms with Crippen molar-refractivity contribution in [3.8, 4) is 0 Å². The molecule has 0 aromatic heterocycles. The SMILES string of the molecule is NOC(=O)/C=C/C(Cl)(Cl)Cl. The van der Waals surface area contributed by atoms with Gasteiger partial charge in [-0.3, -0.25) is 0 Å². The number of nitrogens with two attached hydrogens (primary N) is 1. The molecule has 10 heavy (non-hydrogen) atoms. The van der Waals surface area contributed by atoms with E-state index in [2.05, 4.69) is 10.7 Å². The molecule has 0 aromatic carbocycles. The van der Waals surface area contributed by atoms with Crippen molar-refractivity contribution in [2.45, 2.75) is 3.79 Å². The number of hydrogen-bond acceptors (Lipinski definition) is 3. The number of carbonyl (C=O) groups is 1. The minimum atomic E-state index is -1.59. The fourth-order valence-electron chi connectivity index (χ4n) is 0.202. The third-order valence-electron chi connectivity index (χ3n) is 0.525. The topological polar surface area (TPSA) is 52.3 Å². The van der Waals surface area contributed by atoms with Gasteiger partial charge in [-0.1, -0.05) is 34.8 Å². The predicted octanol–water partition coefficient (Wildman–Crippen LogP) is 1.33. The molecule has 58 valence electrons. The Morgan fingerprint density at radius 3 is 2.30 bits per heavy atom. The van der Waals surface area contributed by atoms with E-state index in [4.69, 9.17) is 34.8 Å². The molecule has 0 radical (unpaired) electrons. The normalized spacial score (nSPS) is 12.0. The van der Waals surface area contributed by atoms with Crippen LogP contribution in [-0.2, 0) is 9.63 Å². The molecule has 0 amide bonds. The monoisotopic (exact) mass is 203 g/mol. The van der Waals surface area contributed by atoms with Gasteiger partial charge in [0.2, 0.25) is 3.79 Å². The zero-order valence-electron chi connectivity index (χ0n) is 4.68. The Balaban J connectivity index is 3.88. The molecule has 0 rings (SSSR count). The fourth-order valence-corrected chi connectivity index (χ4v) is 0.391. The number of allylic oxidation sites excluding steroid dienone is 1. The number of rotatable bonds is 1. The van der Waals surface area contributed by atoms with Gasteiger partial charge in [0.25, 0.3) is 0 Å². The lowest BCUT2D eigenvalue weighted by atomic mass is 10.5. The first-order valence-corrected chi connectivity index (χ1v) is 3.26. The van der Waals surface area contributed by atoms with Gasteiger partial charge in [-0.2, -0.15) is 5.90 Å². The first-order chi connectivity index (χ1) is 4.45. The van der Waals surface area contributed by atoms with Crippen molar-refractivity contribution in [2.75, 3.05) is 0 Å². The maximum Gasteiger partial charge on any atom is 0.349 e. The lowest BCUT2D eigenvalue weighted by Gasteiger charge is -2.00. The lowest BCUT2D eigenvalue weighted by Crippen LogP contribution is -2.07. The van der Waals surface area contributed by atoms with Crippen molar-refractivity contribution in [3.05, 3.63) is 12.2 Å². The maximum atomic E-state index is 10.2. The molecule has 0 unspecified atom stereocenters. The van der Waals surface area contributed by atoms with Gasteiger partial charge in [-0.25, -0.2) is 4.79 Å². The summed E-state index contributed by atoms with van der Waals surface area (Å²) in [5, 5.41) is 0. The fraction of sp³-hybridized carbons (Fsp3) is 0.250. The molecule has 0 aliphatic heterocycles. The zero-order valence-corrected chi connectivity index (χ0v) is 6.95. The second-order valence-electron chi connectivity index (χ2n) is 1.31. The molecular formula is C4H4Cl3NO2. The molecular weight excluding hydrogens is 200 g/mol. The van der Waals surface area contributed by atoms with E-state index in [1.54, 1.807) is 0 Å². The van der Waals surface area contributed by atoms with Crippen LogP contribution >= 0.6 is 34.8 Å². The molecule has 0 aromatic rings. The van der Waals surface area contributed by atoms with Gasteiger partial charge in [0.05, 0.1) is 0 Å². The van der Waals surface area contributed by atoms with E-state index >= 15 is 0 Å². The quantitative estimate of drug-likeness (QED) is 0.398. The van der Waals surface area contributed by atoms with Crippen LogP contribution in [0.15, 0.2) is 12.2 Å². The second-order valence-corrected chi connectivity index (χ2v) is 3.68. The van der Waals surface area contributed by atoms with E-state index in [1.807, 2.05) is 0 Å². The Morgan fingerprint density at radius 1 is 1.50 bits per heavy atom. The van der Waals surface area contributed by atoms with Crippen molar-refractivity contribution < 1.29 is 9.63 Å². The highest BCUT2D eigenvalue weighted by Gasteiger charge is 2.14. The Labute approximate surface area is 72.6 Å². The van der Waals surface area contributed by atoms with Crippen LogP contribution in [0.5, 0.6) is 0 Å². The van der Waals surface area contributed by atoms with Crippen LogP contribution < -0.4 is 5.90 Å². The van der Waals surface area contributed by atoms with Crippen molar-refractivity contribution in [1.82, 2.24) is 0 Å². The molecule has 0 fully saturated rings. The molecule has 0 spiro atoms. The largest absolute Gasteiger partial charge is 0.370 e. The standard InChI is InChI=1S/C4H4Cl3NO2/c5-4(6,7)2-1-3(9)10-8/h1-2H,8H2/b2-1+. The van der Waals surface area contributed by atoms with Crippen LogP contribution in [0.3, 0.4) is 0 Å². The maximum absolute atomic E-state index is 10.2. The van der Waals surface area contributed by atoms with E-state index in [-0.39, 0.29) is 0 Å². The summed E-state index contributed by atoms with van der Waals surface area (Å²) in [4.78, 5) is 14.0. The van der Waals surface area contributed by atoms with Crippen LogP contribution in [0.4, 0.5) is 0 Å². The average molecular weight is 204 g/mol. The van der Waals surface area contributed by atoms with Crippen LogP contribution in [0.1, 0.15) is 0 Å². The molecule has 2 N–H and O–H groups in total. The third-order valence-corrected chi connectivity index (χ3v) is 0.903. The Hall–Kier alpha value is 0.0400. The zero-order chi connectivity index (χ0) is 8.20. The minimum absolute atomic E-state index is 0.772. The highest BCUT2D eigenvalue weighted by Crippen LogP contribution is 2.27. The number of halogens is 3. The van der Waals surface area contributed by atoms with E-state index in [1.165, 1.54) is 0 Å². The van der Waals surface area contributed by atoms with Crippen LogP contribution in [-0.4, -0.2) is 9.76 Å². The van der Waals surface area contributed by atoms with E-state index < -0.39 is 9.76 Å². The third kappa shape index (κ3) is 6.16. The van der Waals surface area contributed by atoms with Crippen molar-refractivity contribution in [2.24, 2.45) is 5.90 Å². The summed E-state index contributed by atoms with van der Waals surface area (Å²) in [5.74, 6) is 3.70. The summed E-state index contributed by atoms with van der Waals surface area (Å²) < 4.78 is -1.59. The molecule has 0 aliphatic rings. The first-order valence-electron chi connectivity index (χ1n) is 2.12. The second kappa shape index (κ2) is 4.03. The smallest absolute Gasteiger partial charge is 0.349 e. The van der Waals surface area contributed by atoms with Crippen LogP contribution in [0, 0.1) is 0 Å². The lowest BCUT2D eigenvalue weighted by molar-refractivity contribution is -0.138. The van der Waals surface area contributed by atoms with Crippen molar-refractivity contribution in [3.63, 3.8) is 0 Å². The van der Waals surface area contributed by atoms with Gasteiger partial charge in [-0.05, 0) is 6.08 Å². The number of hydrogen-bond donors (Lipinski definition) is 1. The highest BCUT2D eigenvalue weighted by atomic mass is 35.6. The summed E-state index contributed by atoms with van der Waals surface area (Å²) in [6, 6.07) is 0. The Morgan fingerprint density at radius 2 is 2.00 bits per heavy atom. The van der Waals surface area contributed by atoms with Gasteiger partial charge < -0.3 is 4.84 Å². The molecule has 0 aliphatic carbocycles. The van der Waals surface area contributed by atoms with Gasteiger partial charge in [0.1, 0.15) is 0 Å². The summed E-state index contributed by atoms with van der Waals surface area (Å²) in [7, 11) is 0. The summed E-state index contributed by atoms with van der Waals surface area (Å²) in [5.41, 5.74) is 0. The number of carbonyl (C=O) groups excluding carboxylic acids is 1. The van der Waals surface area contributed by atoms with Crippen molar-refractivity contribution in [1.29, 1.82) is 0 Å². The molecule has 0 saturated carbocycles. The van der Waals surface area contributed by atoms with Gasteiger partial charge in [0, 0.05) is 6.08 Å². The summed E-state index contributed by atoms with van der Waals surface area (Å²) >= 11 is 15.7. The molecule has 3 nitrogen and oxygen atoms in total. The highest BCUT2D eigenvalue weighted by molar-refractivity contribution is 6.69. The van der Waals surface area contributed by atoms with Crippen molar-refractivity contribution >= 4 is 40.8 Å². The van der Waals surface area contributed by atoms with Gasteiger partial charge >= 0.3 is 5.97 Å². The number of alkyl halides is 3. The minimum Gasteiger partial charge on any atom is -0.370 e. The van der Waals surface area contributed by atoms with Gasteiger partial charge in [0.15, 0.2) is 0 Å². The molecule has 6 heteroatoms. The van der Waals surface area contributed by atoms with E-state index in [0.717, 1.165) is 12.2 Å². The van der Waals surface area contributed by atoms with E-state index in [0.29, 0.717) is 0 Å². The molecule has 0 saturated heterocycles. The Kier molecular flexibility index (Phi) is 4.05. The average Bonchev–Trinajstić information content (AvgIpc) is 1.81. The first kappa shape index (κ1) is 10.0.